The molecule has 4 rings (SSSR count). The highest BCUT2D eigenvalue weighted by molar-refractivity contribution is 5.79. The van der Waals surface area contributed by atoms with Crippen LogP contribution in [0.3, 0.4) is 0 Å². The normalized spacial score (nSPS) is 13.2. The standard InChI is InChI=1S/C23H24N2O5/c1-14(18-6-9-21-22(11-18)29-13-28-21)24-23(26)10-17-4-7-19(8-5-17)27-12-20-15(2)25-30-16(20)3/h4-9,11,14H,10,12-13H2,1-3H3,(H,24,26)/t14-/m0/s1. The lowest BCUT2D eigenvalue weighted by Crippen LogP contribution is -2.28. The first-order chi connectivity index (χ1) is 14.5. The summed E-state index contributed by atoms with van der Waals surface area (Å²) in [7, 11) is 0. The number of aromatic nitrogens is 1. The first kappa shape index (κ1) is 19.8. The molecule has 1 aliphatic rings. The minimum atomic E-state index is -0.135. The Hall–Kier alpha value is -3.48. The summed E-state index contributed by atoms with van der Waals surface area (Å²) >= 11 is 0. The van der Waals surface area contributed by atoms with Crippen LogP contribution in [-0.2, 0) is 17.8 Å². The van der Waals surface area contributed by atoms with Crippen LogP contribution in [0.15, 0.2) is 47.0 Å². The van der Waals surface area contributed by atoms with E-state index in [9.17, 15) is 4.79 Å². The van der Waals surface area contributed by atoms with Gasteiger partial charge < -0.3 is 24.1 Å². The molecule has 7 nitrogen and oxygen atoms in total. The molecule has 0 saturated carbocycles. The molecule has 1 aromatic heterocycles. The zero-order chi connectivity index (χ0) is 21.1. The van der Waals surface area contributed by atoms with Gasteiger partial charge in [0.2, 0.25) is 12.7 Å². The molecule has 1 amide bonds. The minimum absolute atomic E-state index is 0.0513. The number of aryl methyl sites for hydroxylation is 2. The van der Waals surface area contributed by atoms with Crippen LogP contribution in [-0.4, -0.2) is 17.9 Å². The van der Waals surface area contributed by atoms with Gasteiger partial charge in [0.15, 0.2) is 11.5 Å². The number of nitrogens with one attached hydrogen (secondary N) is 1. The number of ether oxygens (including phenoxy) is 3. The number of amides is 1. The first-order valence-electron chi connectivity index (χ1n) is 9.82. The van der Waals surface area contributed by atoms with E-state index in [4.69, 9.17) is 18.7 Å². The van der Waals surface area contributed by atoms with E-state index in [1.54, 1.807) is 0 Å². The Morgan fingerprint density at radius 2 is 1.90 bits per heavy atom. The number of carbonyl (C=O) groups excluding carboxylic acids is 1. The summed E-state index contributed by atoms with van der Waals surface area (Å²) in [5.74, 6) is 2.88. The fourth-order valence-electron chi connectivity index (χ4n) is 3.31. The Balaban J connectivity index is 1.30. The zero-order valence-electron chi connectivity index (χ0n) is 17.2. The molecule has 156 valence electrons. The predicted molar refractivity (Wildman–Crippen MR) is 110 cm³/mol. The summed E-state index contributed by atoms with van der Waals surface area (Å²) in [6, 6.07) is 13.1. The van der Waals surface area contributed by atoms with Gasteiger partial charge in [-0.3, -0.25) is 4.79 Å². The molecule has 7 heteroatoms. The lowest BCUT2D eigenvalue weighted by Gasteiger charge is -2.15. The highest BCUT2D eigenvalue weighted by Gasteiger charge is 2.17. The van der Waals surface area contributed by atoms with E-state index in [1.165, 1.54) is 0 Å². The molecule has 2 aromatic carbocycles. The number of nitrogens with zero attached hydrogens (tertiary/aromatic N) is 1. The van der Waals surface area contributed by atoms with Crippen LogP contribution >= 0.6 is 0 Å². The molecule has 3 aromatic rings. The molecule has 2 heterocycles. The maximum Gasteiger partial charge on any atom is 0.231 e. The van der Waals surface area contributed by atoms with Crippen molar-refractivity contribution in [1.29, 1.82) is 0 Å². The van der Waals surface area contributed by atoms with E-state index >= 15 is 0 Å². The molecule has 30 heavy (non-hydrogen) atoms. The third-order valence-corrected chi connectivity index (χ3v) is 5.13. The Bertz CT molecular complexity index is 1020. The van der Waals surface area contributed by atoms with E-state index in [2.05, 4.69) is 10.5 Å². The van der Waals surface area contributed by atoms with E-state index < -0.39 is 0 Å². The van der Waals surface area contributed by atoms with Crippen molar-refractivity contribution in [1.82, 2.24) is 10.5 Å². The van der Waals surface area contributed by atoms with Crippen molar-refractivity contribution >= 4 is 5.91 Å². The second kappa shape index (κ2) is 8.49. The van der Waals surface area contributed by atoms with Gasteiger partial charge in [-0.1, -0.05) is 23.4 Å². The van der Waals surface area contributed by atoms with Gasteiger partial charge in [0.05, 0.1) is 23.7 Å². The van der Waals surface area contributed by atoms with Crippen LogP contribution in [0.25, 0.3) is 0 Å². The monoisotopic (exact) mass is 408 g/mol. The van der Waals surface area contributed by atoms with Gasteiger partial charge in [-0.15, -0.1) is 0 Å². The molecule has 0 bridgehead atoms. The second-order valence-electron chi connectivity index (χ2n) is 7.31. The van der Waals surface area contributed by atoms with Crippen molar-refractivity contribution in [3.05, 3.63) is 70.6 Å². The van der Waals surface area contributed by atoms with Gasteiger partial charge in [0, 0.05) is 0 Å². The quantitative estimate of drug-likeness (QED) is 0.636. The molecule has 0 fully saturated rings. The van der Waals surface area contributed by atoms with Crippen LogP contribution in [0.2, 0.25) is 0 Å². The number of rotatable bonds is 7. The average molecular weight is 408 g/mol. The molecule has 0 spiro atoms. The number of hydrogen-bond acceptors (Lipinski definition) is 6. The third-order valence-electron chi connectivity index (χ3n) is 5.13. The molecule has 1 N–H and O–H groups in total. The Kier molecular flexibility index (Phi) is 5.61. The van der Waals surface area contributed by atoms with Gasteiger partial charge in [-0.05, 0) is 56.2 Å². The molecule has 0 saturated heterocycles. The van der Waals surface area contributed by atoms with Gasteiger partial charge in [0.1, 0.15) is 18.1 Å². The summed E-state index contributed by atoms with van der Waals surface area (Å²) < 4.78 is 21.7. The van der Waals surface area contributed by atoms with Crippen molar-refractivity contribution in [2.45, 2.75) is 39.8 Å². The fraction of sp³-hybridized carbons (Fsp3) is 0.304. The van der Waals surface area contributed by atoms with E-state index in [0.717, 1.165) is 39.6 Å². The van der Waals surface area contributed by atoms with E-state index in [-0.39, 0.29) is 18.7 Å². The van der Waals surface area contributed by atoms with Crippen molar-refractivity contribution in [3.8, 4) is 17.2 Å². The Labute approximate surface area is 174 Å². The van der Waals surface area contributed by atoms with Crippen LogP contribution in [0, 0.1) is 13.8 Å². The maximum absolute atomic E-state index is 12.5. The topological polar surface area (TPSA) is 82.8 Å². The van der Waals surface area contributed by atoms with Gasteiger partial charge in [-0.2, -0.15) is 0 Å². The van der Waals surface area contributed by atoms with Crippen molar-refractivity contribution in [2.75, 3.05) is 6.79 Å². The van der Waals surface area contributed by atoms with Gasteiger partial charge in [-0.25, -0.2) is 0 Å². The predicted octanol–water partition coefficient (Wildman–Crippen LogP) is 4.02. The number of carbonyl (C=O) groups is 1. The van der Waals surface area contributed by atoms with Crippen LogP contribution in [0.4, 0.5) is 0 Å². The van der Waals surface area contributed by atoms with Gasteiger partial charge in [0.25, 0.3) is 0 Å². The average Bonchev–Trinajstić information content (AvgIpc) is 3.33. The van der Waals surface area contributed by atoms with Crippen molar-refractivity contribution in [2.24, 2.45) is 0 Å². The zero-order valence-corrected chi connectivity index (χ0v) is 17.2. The number of fused-ring (bicyclic) bond motifs is 1. The Morgan fingerprint density at radius 1 is 1.13 bits per heavy atom. The maximum atomic E-state index is 12.5. The summed E-state index contributed by atoms with van der Waals surface area (Å²) in [4.78, 5) is 12.5. The third kappa shape index (κ3) is 4.40. The van der Waals surface area contributed by atoms with Crippen LogP contribution in [0.1, 0.15) is 41.1 Å². The molecule has 1 atom stereocenters. The number of benzene rings is 2. The summed E-state index contributed by atoms with van der Waals surface area (Å²) in [6.07, 6.45) is 0.291. The second-order valence-corrected chi connectivity index (χ2v) is 7.31. The lowest BCUT2D eigenvalue weighted by atomic mass is 10.1. The largest absolute Gasteiger partial charge is 0.489 e. The molecule has 0 radical (unpaired) electrons. The molecule has 1 aliphatic heterocycles. The summed E-state index contributed by atoms with van der Waals surface area (Å²) in [6.45, 7) is 6.33. The lowest BCUT2D eigenvalue weighted by molar-refractivity contribution is -0.121. The van der Waals surface area contributed by atoms with Crippen molar-refractivity contribution in [3.63, 3.8) is 0 Å². The molecule has 0 unspecified atom stereocenters. The summed E-state index contributed by atoms with van der Waals surface area (Å²) in [5, 5.41) is 6.95. The van der Waals surface area contributed by atoms with Gasteiger partial charge >= 0.3 is 0 Å². The SMILES string of the molecule is Cc1noc(C)c1COc1ccc(CC(=O)N[C@@H](C)c2ccc3c(c2)OCO3)cc1. The first-order valence-corrected chi connectivity index (χ1v) is 9.82. The van der Waals surface area contributed by atoms with Crippen LogP contribution < -0.4 is 19.5 Å². The fourth-order valence-corrected chi connectivity index (χ4v) is 3.31. The molecular formula is C23H24N2O5. The van der Waals surface area contributed by atoms with Crippen LogP contribution in [0.5, 0.6) is 17.2 Å². The Morgan fingerprint density at radius 3 is 2.63 bits per heavy atom. The smallest absolute Gasteiger partial charge is 0.231 e. The van der Waals surface area contributed by atoms with E-state index in [1.807, 2.05) is 63.2 Å². The minimum Gasteiger partial charge on any atom is -0.489 e. The number of hydrogen-bond donors (Lipinski definition) is 1. The molecule has 0 aliphatic carbocycles. The van der Waals surface area contributed by atoms with E-state index in [0.29, 0.717) is 18.8 Å². The highest BCUT2D eigenvalue weighted by Crippen LogP contribution is 2.34. The van der Waals surface area contributed by atoms with Crippen molar-refractivity contribution < 1.29 is 23.5 Å². The molecular weight excluding hydrogens is 384 g/mol. The highest BCUT2D eigenvalue weighted by atomic mass is 16.7. The summed E-state index contributed by atoms with van der Waals surface area (Å²) in [5.41, 5.74) is 3.67.